The lowest BCUT2D eigenvalue weighted by molar-refractivity contribution is 0.159. The number of hydrogen-bond acceptors (Lipinski definition) is 3. The molecule has 0 aromatic heterocycles. The summed E-state index contributed by atoms with van der Waals surface area (Å²) in [6.07, 6.45) is 0. The smallest absolute Gasteiger partial charge is 0.243 e. The van der Waals surface area contributed by atoms with E-state index in [1.807, 2.05) is 20.0 Å². The summed E-state index contributed by atoms with van der Waals surface area (Å²) in [6.45, 7) is 3.91. The molecular weight excluding hydrogens is 316 g/mol. The van der Waals surface area contributed by atoms with Crippen molar-refractivity contribution in [2.75, 3.05) is 26.7 Å². The first-order chi connectivity index (χ1) is 8.41. The van der Waals surface area contributed by atoms with Gasteiger partial charge in [-0.25, -0.2) is 8.42 Å². The third-order valence-corrected chi connectivity index (χ3v) is 5.71. The fourth-order valence-electron chi connectivity index (χ4n) is 2.01. The van der Waals surface area contributed by atoms with Crippen molar-refractivity contribution in [2.45, 2.75) is 17.9 Å². The molecule has 1 fully saturated rings. The predicted molar refractivity (Wildman–Crippen MR) is 75.0 cm³/mol. The second-order valence-electron chi connectivity index (χ2n) is 4.65. The van der Waals surface area contributed by atoms with Crippen molar-refractivity contribution >= 4 is 26.0 Å². The Labute approximate surface area is 117 Å². The number of rotatable bonds is 2. The minimum atomic E-state index is -3.36. The van der Waals surface area contributed by atoms with Crippen LogP contribution in [-0.4, -0.2) is 50.3 Å². The molecule has 1 aliphatic heterocycles. The topological polar surface area (TPSA) is 40.6 Å². The van der Waals surface area contributed by atoms with Crippen LogP contribution in [0.3, 0.4) is 0 Å². The average Bonchev–Trinajstić information content (AvgIpc) is 2.32. The number of piperazine rings is 1. The zero-order chi connectivity index (χ0) is 13.3. The summed E-state index contributed by atoms with van der Waals surface area (Å²) in [7, 11) is -1.34. The Bertz CT molecular complexity index is 533. The van der Waals surface area contributed by atoms with Crippen LogP contribution in [-0.2, 0) is 10.0 Å². The molecule has 6 heteroatoms. The Hall–Kier alpha value is -0.430. The molecule has 0 amide bonds. The van der Waals surface area contributed by atoms with E-state index in [1.165, 1.54) is 0 Å². The van der Waals surface area contributed by atoms with E-state index in [9.17, 15) is 8.42 Å². The summed E-state index contributed by atoms with van der Waals surface area (Å²) in [6, 6.07) is 7.12. The van der Waals surface area contributed by atoms with Gasteiger partial charge in [0.2, 0.25) is 10.0 Å². The second-order valence-corrected chi connectivity index (χ2v) is 7.50. The maximum Gasteiger partial charge on any atom is 0.243 e. The Balaban J connectivity index is 2.27. The summed E-state index contributed by atoms with van der Waals surface area (Å²) in [5.41, 5.74) is 0. The Morgan fingerprint density at radius 2 is 2.06 bits per heavy atom. The summed E-state index contributed by atoms with van der Waals surface area (Å²) in [5, 5.41) is 0. The summed E-state index contributed by atoms with van der Waals surface area (Å²) in [4.78, 5) is 2.53. The van der Waals surface area contributed by atoms with Crippen LogP contribution in [0.5, 0.6) is 0 Å². The Kier molecular flexibility index (Phi) is 4.11. The molecular formula is C12H17BrN2O2S. The van der Waals surface area contributed by atoms with Crippen molar-refractivity contribution in [3.8, 4) is 0 Å². The van der Waals surface area contributed by atoms with Gasteiger partial charge in [0.1, 0.15) is 0 Å². The maximum absolute atomic E-state index is 12.5. The lowest BCUT2D eigenvalue weighted by Gasteiger charge is -2.36. The summed E-state index contributed by atoms with van der Waals surface area (Å²) < 4.78 is 27.3. The van der Waals surface area contributed by atoms with Crippen molar-refractivity contribution < 1.29 is 8.42 Å². The molecule has 1 aromatic carbocycles. The van der Waals surface area contributed by atoms with Gasteiger partial charge in [0.05, 0.1) is 4.90 Å². The molecule has 0 aliphatic carbocycles. The van der Waals surface area contributed by atoms with Gasteiger partial charge >= 0.3 is 0 Å². The first kappa shape index (κ1) is 14.0. The predicted octanol–water partition coefficient (Wildman–Crippen LogP) is 1.77. The minimum Gasteiger partial charge on any atom is -0.301 e. The van der Waals surface area contributed by atoms with Crippen molar-refractivity contribution in [1.29, 1.82) is 0 Å². The zero-order valence-electron chi connectivity index (χ0n) is 10.5. The molecule has 100 valence electrons. The molecule has 1 aromatic rings. The molecule has 1 heterocycles. The maximum atomic E-state index is 12.5. The van der Waals surface area contributed by atoms with Gasteiger partial charge in [-0.1, -0.05) is 22.0 Å². The average molecular weight is 333 g/mol. The number of sulfonamides is 1. The van der Waals surface area contributed by atoms with E-state index in [1.54, 1.807) is 22.5 Å². The minimum absolute atomic E-state index is 0.251. The van der Waals surface area contributed by atoms with Crippen LogP contribution >= 0.6 is 15.9 Å². The zero-order valence-corrected chi connectivity index (χ0v) is 12.9. The molecule has 1 atom stereocenters. The quantitative estimate of drug-likeness (QED) is 0.828. The molecule has 0 spiro atoms. The number of hydrogen-bond donors (Lipinski definition) is 0. The van der Waals surface area contributed by atoms with Gasteiger partial charge < -0.3 is 4.90 Å². The number of halogens is 1. The summed E-state index contributed by atoms with van der Waals surface area (Å²) in [5.74, 6) is 0. The molecule has 0 radical (unpaired) electrons. The highest BCUT2D eigenvalue weighted by Crippen LogP contribution is 2.22. The molecule has 4 nitrogen and oxygen atoms in total. The standard InChI is InChI=1S/C12H17BrN2O2S/c1-10-9-15(7-6-14(10)2)18(16,17)12-5-3-4-11(13)8-12/h3-5,8,10H,6-7,9H2,1-2H3. The van der Waals surface area contributed by atoms with Crippen LogP contribution in [0.25, 0.3) is 0 Å². The van der Waals surface area contributed by atoms with Crippen LogP contribution in [0.2, 0.25) is 0 Å². The molecule has 1 saturated heterocycles. The van der Waals surface area contributed by atoms with Crippen LogP contribution < -0.4 is 0 Å². The van der Waals surface area contributed by atoms with Crippen LogP contribution in [0, 0.1) is 0 Å². The van der Waals surface area contributed by atoms with Crippen LogP contribution in [0.15, 0.2) is 33.6 Å². The highest BCUT2D eigenvalue weighted by molar-refractivity contribution is 9.10. The lowest BCUT2D eigenvalue weighted by atomic mass is 10.2. The van der Waals surface area contributed by atoms with Crippen molar-refractivity contribution in [3.05, 3.63) is 28.7 Å². The molecule has 2 rings (SSSR count). The Morgan fingerprint density at radius 3 is 2.67 bits per heavy atom. The third-order valence-electron chi connectivity index (χ3n) is 3.36. The lowest BCUT2D eigenvalue weighted by Crippen LogP contribution is -2.51. The first-order valence-electron chi connectivity index (χ1n) is 5.87. The molecule has 0 bridgehead atoms. The molecule has 18 heavy (non-hydrogen) atoms. The highest BCUT2D eigenvalue weighted by atomic mass is 79.9. The van der Waals surface area contributed by atoms with Crippen molar-refractivity contribution in [3.63, 3.8) is 0 Å². The molecule has 1 unspecified atom stereocenters. The molecule has 0 N–H and O–H groups in total. The van der Waals surface area contributed by atoms with Crippen LogP contribution in [0.1, 0.15) is 6.92 Å². The molecule has 1 aliphatic rings. The second kappa shape index (κ2) is 5.28. The van der Waals surface area contributed by atoms with Gasteiger partial charge in [0.15, 0.2) is 0 Å². The molecule has 0 saturated carbocycles. The fourth-order valence-corrected chi connectivity index (χ4v) is 4.12. The van der Waals surface area contributed by atoms with E-state index >= 15 is 0 Å². The van der Waals surface area contributed by atoms with E-state index in [-0.39, 0.29) is 6.04 Å². The van der Waals surface area contributed by atoms with Gasteiger partial charge in [-0.05, 0) is 32.2 Å². The van der Waals surface area contributed by atoms with E-state index in [0.717, 1.165) is 11.0 Å². The number of nitrogens with zero attached hydrogens (tertiary/aromatic N) is 2. The number of benzene rings is 1. The van der Waals surface area contributed by atoms with Gasteiger partial charge in [0, 0.05) is 30.1 Å². The van der Waals surface area contributed by atoms with Gasteiger partial charge in [-0.2, -0.15) is 4.31 Å². The van der Waals surface area contributed by atoms with E-state index in [0.29, 0.717) is 18.0 Å². The Morgan fingerprint density at radius 1 is 1.33 bits per heavy atom. The van der Waals surface area contributed by atoms with Crippen LogP contribution in [0.4, 0.5) is 0 Å². The SMILES string of the molecule is CC1CN(S(=O)(=O)c2cccc(Br)c2)CCN1C. The fraction of sp³-hybridized carbons (Fsp3) is 0.500. The third kappa shape index (κ3) is 2.77. The van der Waals surface area contributed by atoms with Gasteiger partial charge in [-0.3, -0.25) is 0 Å². The summed E-state index contributed by atoms with van der Waals surface area (Å²) >= 11 is 3.31. The first-order valence-corrected chi connectivity index (χ1v) is 8.10. The van der Waals surface area contributed by atoms with Gasteiger partial charge in [-0.15, -0.1) is 0 Å². The van der Waals surface area contributed by atoms with E-state index in [2.05, 4.69) is 20.8 Å². The van der Waals surface area contributed by atoms with Gasteiger partial charge in [0.25, 0.3) is 0 Å². The van der Waals surface area contributed by atoms with Crippen molar-refractivity contribution in [1.82, 2.24) is 9.21 Å². The van der Waals surface area contributed by atoms with Crippen molar-refractivity contribution in [2.24, 2.45) is 0 Å². The highest BCUT2D eigenvalue weighted by Gasteiger charge is 2.30. The van der Waals surface area contributed by atoms with E-state index in [4.69, 9.17) is 0 Å². The monoisotopic (exact) mass is 332 g/mol. The normalized spacial score (nSPS) is 23.2. The number of likely N-dealkylation sites (N-methyl/N-ethyl adjacent to an activating group) is 1. The largest absolute Gasteiger partial charge is 0.301 e. The van der Waals surface area contributed by atoms with E-state index < -0.39 is 10.0 Å².